The van der Waals surface area contributed by atoms with Gasteiger partial charge in [0.15, 0.2) is 0 Å². The van der Waals surface area contributed by atoms with E-state index in [9.17, 15) is 0 Å². The summed E-state index contributed by atoms with van der Waals surface area (Å²) in [4.78, 5) is 0. The largest absolute Gasteiger partial charge is 0.199 e. The first-order chi connectivity index (χ1) is 9.53. The molecule has 0 fully saturated rings. The van der Waals surface area contributed by atoms with Crippen LogP contribution >= 0.6 is 0 Å². The van der Waals surface area contributed by atoms with Crippen LogP contribution in [0.4, 0.5) is 0 Å². The molecule has 1 heteroatoms. The zero-order valence-corrected chi connectivity index (χ0v) is 16.5. The lowest BCUT2D eigenvalue weighted by Gasteiger charge is -2.36. The van der Waals surface area contributed by atoms with Gasteiger partial charge in [-0.3, -0.25) is 0 Å². The molecule has 116 valence electrons. The van der Waals surface area contributed by atoms with E-state index in [2.05, 4.69) is 68.5 Å². The quantitative estimate of drug-likeness (QED) is 0.569. The van der Waals surface area contributed by atoms with Gasteiger partial charge >= 0.3 is 0 Å². The summed E-state index contributed by atoms with van der Waals surface area (Å²) in [6.45, 7) is 23.5. The molecular weight excluding hydrogens is 268 g/mol. The summed E-state index contributed by atoms with van der Waals surface area (Å²) in [6, 6.07) is 0. The van der Waals surface area contributed by atoms with E-state index in [1.54, 1.807) is 10.4 Å². The fourth-order valence-electron chi connectivity index (χ4n) is 4.44. The van der Waals surface area contributed by atoms with Crippen LogP contribution in [0.3, 0.4) is 0 Å². The van der Waals surface area contributed by atoms with E-state index in [4.69, 9.17) is 0 Å². The molecule has 2 rings (SSSR count). The molecule has 0 N–H and O–H groups in total. The summed E-state index contributed by atoms with van der Waals surface area (Å²) >= 11 is 0. The molecule has 0 nitrogen and oxygen atoms in total. The summed E-state index contributed by atoms with van der Waals surface area (Å²) < 4.78 is 0. The van der Waals surface area contributed by atoms with Crippen molar-refractivity contribution in [1.29, 1.82) is 0 Å². The van der Waals surface area contributed by atoms with Gasteiger partial charge in [-0.15, -0.1) is 0 Å². The highest BCUT2D eigenvalue weighted by Crippen LogP contribution is 2.26. The maximum atomic E-state index is 2.54. The topological polar surface area (TPSA) is 0 Å². The maximum absolute atomic E-state index is 2.54. The van der Waals surface area contributed by atoms with Crippen LogP contribution in [0.1, 0.15) is 44.5 Å². The Hall–Kier alpha value is -1.08. The van der Waals surface area contributed by atoms with Crippen molar-refractivity contribution in [3.8, 4) is 0 Å². The van der Waals surface area contributed by atoms with Crippen LogP contribution in [0.2, 0.25) is 13.1 Å². The lowest BCUT2D eigenvalue weighted by molar-refractivity contribution is 1.32. The zero-order chi connectivity index (χ0) is 16.3. The summed E-state index contributed by atoms with van der Waals surface area (Å²) in [5, 5.41) is 3.35. The van der Waals surface area contributed by atoms with Gasteiger partial charge in [-0.05, 0) is 0 Å². The second-order valence-electron chi connectivity index (χ2n) is 7.38. The summed E-state index contributed by atoms with van der Waals surface area (Å²) in [5.41, 5.74) is 12.1. The van der Waals surface area contributed by atoms with Crippen molar-refractivity contribution in [1.82, 2.24) is 0 Å². The molecule has 0 saturated carbocycles. The average Bonchev–Trinajstić information content (AvgIpc) is 2.72. The van der Waals surface area contributed by atoms with Crippen molar-refractivity contribution in [3.63, 3.8) is 0 Å². The van der Waals surface area contributed by atoms with E-state index in [0.717, 1.165) is 0 Å². The van der Waals surface area contributed by atoms with Gasteiger partial charge in [0.1, 0.15) is 0 Å². The lowest BCUT2D eigenvalue weighted by Crippen LogP contribution is -2.55. The van der Waals surface area contributed by atoms with Gasteiger partial charge in [-0.1, -0.05) is 68.5 Å². The molecule has 0 unspecified atom stereocenters. The molecule has 0 spiro atoms. The third-order valence-corrected chi connectivity index (χ3v) is 10.1. The van der Waals surface area contributed by atoms with E-state index < -0.39 is 8.07 Å². The highest BCUT2D eigenvalue weighted by atomic mass is 28.3. The molecule has 0 aromatic heterocycles. The van der Waals surface area contributed by atoms with E-state index in [1.165, 1.54) is 44.5 Å². The molecule has 21 heavy (non-hydrogen) atoms. The SMILES string of the molecule is Cc1c(C)c([Si](C)(C)c2c(C)c(C)c(C)[c-]2C)[c-](C)c1C. The third kappa shape index (κ3) is 2.09. The van der Waals surface area contributed by atoms with Crippen LogP contribution in [0, 0.1) is 55.4 Å². The smallest absolute Gasteiger partial charge is 0.0609 e. The third-order valence-electron chi connectivity index (χ3n) is 6.12. The van der Waals surface area contributed by atoms with Gasteiger partial charge in [0.05, 0.1) is 8.07 Å². The Labute approximate surface area is 131 Å². The molecule has 0 heterocycles. The van der Waals surface area contributed by atoms with Crippen molar-refractivity contribution < 1.29 is 0 Å². The number of rotatable bonds is 2. The second kappa shape index (κ2) is 4.98. The van der Waals surface area contributed by atoms with Crippen LogP contribution < -0.4 is 10.4 Å². The van der Waals surface area contributed by atoms with Crippen molar-refractivity contribution >= 4 is 18.4 Å². The Bertz CT molecular complexity index is 594. The van der Waals surface area contributed by atoms with E-state index in [1.807, 2.05) is 0 Å². The normalized spacial score (nSPS) is 12.3. The van der Waals surface area contributed by atoms with Gasteiger partial charge in [-0.25, -0.2) is 0 Å². The minimum atomic E-state index is -1.65. The fraction of sp³-hybridized carbons (Fsp3) is 0.500. The predicted octanol–water partition coefficient (Wildman–Crippen LogP) is 4.41. The van der Waals surface area contributed by atoms with E-state index in [-0.39, 0.29) is 0 Å². The van der Waals surface area contributed by atoms with Gasteiger partial charge < -0.3 is 0 Å². The minimum Gasteiger partial charge on any atom is -0.199 e. The standard InChI is InChI=1S/C20H30Si/c1-11-12(2)16(6)19(15(11)5)21(9,10)20-17(7)13(3)14(4)18(20)8/h1-10H3/q-2. The summed E-state index contributed by atoms with van der Waals surface area (Å²) in [7, 11) is -1.65. The molecule has 0 bridgehead atoms. The van der Waals surface area contributed by atoms with Crippen LogP contribution in [0.15, 0.2) is 0 Å². The van der Waals surface area contributed by atoms with Crippen molar-refractivity contribution in [3.05, 3.63) is 44.5 Å². The summed E-state index contributed by atoms with van der Waals surface area (Å²) in [6.07, 6.45) is 0. The van der Waals surface area contributed by atoms with Gasteiger partial charge in [0.25, 0.3) is 0 Å². The molecule has 0 amide bonds. The zero-order valence-electron chi connectivity index (χ0n) is 15.5. The van der Waals surface area contributed by atoms with Crippen LogP contribution in [0.25, 0.3) is 0 Å². The Balaban J connectivity index is 2.81. The first-order valence-electron chi connectivity index (χ1n) is 8.00. The van der Waals surface area contributed by atoms with Gasteiger partial charge in [-0.2, -0.15) is 54.9 Å². The Morgan fingerprint density at radius 2 is 0.857 bits per heavy atom. The van der Waals surface area contributed by atoms with E-state index >= 15 is 0 Å². The Morgan fingerprint density at radius 1 is 0.571 bits per heavy atom. The molecular formula is C20H30Si-2. The summed E-state index contributed by atoms with van der Waals surface area (Å²) in [5.74, 6) is 0. The van der Waals surface area contributed by atoms with Gasteiger partial charge in [0.2, 0.25) is 0 Å². The molecule has 0 saturated heterocycles. The minimum absolute atomic E-state index is 1.50. The van der Waals surface area contributed by atoms with Crippen molar-refractivity contribution in [2.45, 2.75) is 68.5 Å². The Morgan fingerprint density at radius 3 is 1.05 bits per heavy atom. The molecule has 0 aliphatic heterocycles. The van der Waals surface area contributed by atoms with Crippen molar-refractivity contribution in [2.24, 2.45) is 0 Å². The first-order valence-corrected chi connectivity index (χ1v) is 11.0. The average molecular weight is 299 g/mol. The lowest BCUT2D eigenvalue weighted by atomic mass is 10.2. The molecule has 2 aromatic carbocycles. The second-order valence-corrected chi connectivity index (χ2v) is 11.6. The highest BCUT2D eigenvalue weighted by Gasteiger charge is 2.27. The van der Waals surface area contributed by atoms with Gasteiger partial charge in [0, 0.05) is 0 Å². The number of hydrogen-bond acceptors (Lipinski definition) is 0. The van der Waals surface area contributed by atoms with Crippen LogP contribution in [-0.2, 0) is 0 Å². The van der Waals surface area contributed by atoms with Crippen LogP contribution in [0.5, 0.6) is 0 Å². The number of hydrogen-bond donors (Lipinski definition) is 0. The molecule has 2 aromatic rings. The molecule has 0 radical (unpaired) electrons. The van der Waals surface area contributed by atoms with Crippen LogP contribution in [-0.4, -0.2) is 8.07 Å². The van der Waals surface area contributed by atoms with E-state index in [0.29, 0.717) is 0 Å². The van der Waals surface area contributed by atoms with Crippen molar-refractivity contribution in [2.75, 3.05) is 0 Å². The highest BCUT2D eigenvalue weighted by molar-refractivity contribution is 7.01. The fourth-order valence-corrected chi connectivity index (χ4v) is 9.19. The monoisotopic (exact) mass is 298 g/mol. The molecule has 0 aliphatic carbocycles. The molecule has 0 aliphatic rings. The first kappa shape index (κ1) is 16.3. The molecule has 0 atom stereocenters. The Kier molecular flexibility index (Phi) is 3.86. The maximum Gasteiger partial charge on any atom is 0.0609 e. The predicted molar refractivity (Wildman–Crippen MR) is 98.7 cm³/mol.